The first-order valence-corrected chi connectivity index (χ1v) is 14.0. The second-order valence-electron chi connectivity index (χ2n) is 8.41. The largest absolute Gasteiger partial charge is 0.493 e. The number of aromatic nitrogens is 3. The molecule has 0 radical (unpaired) electrons. The van der Waals surface area contributed by atoms with Crippen molar-refractivity contribution in [2.75, 3.05) is 18.3 Å². The number of benzene rings is 2. The molecule has 2 heterocycles. The number of H-pyrrole nitrogens is 1. The Morgan fingerprint density at radius 2 is 1.92 bits per heavy atom. The van der Waals surface area contributed by atoms with Crippen LogP contribution in [0.25, 0.3) is 11.3 Å². The lowest BCUT2D eigenvalue weighted by Gasteiger charge is -2.33. The van der Waals surface area contributed by atoms with Gasteiger partial charge in [0.25, 0.3) is 6.17 Å². The number of nitrogens with zero attached hydrogens (tertiary/aromatic N) is 3. The van der Waals surface area contributed by atoms with E-state index in [9.17, 15) is 14.4 Å². The van der Waals surface area contributed by atoms with Gasteiger partial charge >= 0.3 is 17.2 Å². The fourth-order valence-corrected chi connectivity index (χ4v) is 5.18. The van der Waals surface area contributed by atoms with Crippen molar-refractivity contribution >= 4 is 45.3 Å². The molecule has 2 aromatic carbocycles. The van der Waals surface area contributed by atoms with Crippen LogP contribution in [0.3, 0.4) is 0 Å². The standard InChI is InChI=1S/C26H27BrN4O5S/c1-5-9-20(32)30-18-12-8-7-11-16(18)22-24(34)28-26(37-4)29-31(22)25(30)17-13-15(27)14-19(35-3)23(17)36-21(33)10-6-2/h7-8,11-14,25H,5-6,9-10H2,1-4H3/p+1. The van der Waals surface area contributed by atoms with Gasteiger partial charge in [0.05, 0.1) is 23.9 Å². The highest BCUT2D eigenvalue weighted by Crippen LogP contribution is 2.44. The molecule has 1 atom stereocenters. The van der Waals surface area contributed by atoms with E-state index >= 15 is 0 Å². The monoisotopic (exact) mass is 587 g/mol. The van der Waals surface area contributed by atoms with E-state index in [1.807, 2.05) is 26.0 Å². The number of para-hydroxylation sites is 1. The van der Waals surface area contributed by atoms with Crippen molar-refractivity contribution in [2.24, 2.45) is 0 Å². The van der Waals surface area contributed by atoms with Crippen LogP contribution in [0.4, 0.5) is 5.69 Å². The second-order valence-corrected chi connectivity index (χ2v) is 10.1. The Morgan fingerprint density at radius 1 is 1.19 bits per heavy atom. The quantitative estimate of drug-likeness (QED) is 0.177. The zero-order chi connectivity index (χ0) is 26.7. The first-order valence-electron chi connectivity index (χ1n) is 11.9. The van der Waals surface area contributed by atoms with Crippen LogP contribution in [0.5, 0.6) is 11.5 Å². The van der Waals surface area contributed by atoms with E-state index in [1.165, 1.54) is 18.9 Å². The van der Waals surface area contributed by atoms with E-state index < -0.39 is 12.1 Å². The third-order valence-electron chi connectivity index (χ3n) is 5.90. The van der Waals surface area contributed by atoms with Crippen LogP contribution in [0.15, 0.2) is 50.8 Å². The molecule has 0 fully saturated rings. The first-order chi connectivity index (χ1) is 17.8. The van der Waals surface area contributed by atoms with E-state index in [-0.39, 0.29) is 30.1 Å². The average Bonchev–Trinajstić information content (AvgIpc) is 2.88. The maximum Gasteiger partial charge on any atom is 0.325 e. The highest BCUT2D eigenvalue weighted by atomic mass is 79.9. The average molecular weight is 589 g/mol. The van der Waals surface area contributed by atoms with Crippen LogP contribution in [-0.2, 0) is 9.59 Å². The number of aromatic amines is 1. The number of hydrogen-bond donors (Lipinski definition) is 1. The summed E-state index contributed by atoms with van der Waals surface area (Å²) in [6, 6.07) is 10.7. The predicted octanol–water partition coefficient (Wildman–Crippen LogP) is 4.62. The molecule has 0 saturated carbocycles. The van der Waals surface area contributed by atoms with Crippen molar-refractivity contribution in [3.8, 4) is 22.8 Å². The van der Waals surface area contributed by atoms with Gasteiger partial charge in [-0.05, 0) is 48.0 Å². The van der Waals surface area contributed by atoms with Crippen molar-refractivity contribution in [2.45, 2.75) is 50.9 Å². The molecule has 0 aliphatic carbocycles. The van der Waals surface area contributed by atoms with E-state index in [4.69, 9.17) is 14.6 Å². The summed E-state index contributed by atoms with van der Waals surface area (Å²) in [5, 5.41) is 5.10. The highest BCUT2D eigenvalue weighted by molar-refractivity contribution is 9.10. The molecule has 11 heteroatoms. The summed E-state index contributed by atoms with van der Waals surface area (Å²) in [7, 11) is 1.48. The lowest BCUT2D eigenvalue weighted by Crippen LogP contribution is -2.61. The number of halogens is 1. The second kappa shape index (κ2) is 11.5. The molecule has 0 saturated heterocycles. The molecule has 4 rings (SSSR count). The van der Waals surface area contributed by atoms with Crippen LogP contribution >= 0.6 is 27.7 Å². The minimum absolute atomic E-state index is 0.157. The summed E-state index contributed by atoms with van der Waals surface area (Å²) < 4.78 is 13.6. The van der Waals surface area contributed by atoms with Crippen LogP contribution in [0.1, 0.15) is 51.3 Å². The van der Waals surface area contributed by atoms with Gasteiger partial charge in [-0.25, -0.2) is 4.90 Å². The summed E-state index contributed by atoms with van der Waals surface area (Å²) in [5.41, 5.74) is 1.55. The van der Waals surface area contributed by atoms with Crippen LogP contribution in [0, 0.1) is 0 Å². The SMILES string of the molecule is CCCC(=O)Oc1c(OC)cc(Br)cc1C1N(C(=O)CCC)c2ccccc2-c2c(=O)[nH]c(SC)n[n+]21. The van der Waals surface area contributed by atoms with Crippen molar-refractivity contribution in [3.63, 3.8) is 0 Å². The van der Waals surface area contributed by atoms with Gasteiger partial charge in [0.2, 0.25) is 11.1 Å². The number of amides is 1. The van der Waals surface area contributed by atoms with Gasteiger partial charge in [-0.1, -0.05) is 53.7 Å². The van der Waals surface area contributed by atoms with Crippen molar-refractivity contribution in [1.82, 2.24) is 10.1 Å². The Hall–Kier alpha value is -3.18. The number of rotatable bonds is 8. The third kappa shape index (κ3) is 5.15. The molecule has 1 aliphatic rings. The van der Waals surface area contributed by atoms with Gasteiger partial charge < -0.3 is 9.47 Å². The zero-order valence-electron chi connectivity index (χ0n) is 21.0. The van der Waals surface area contributed by atoms with Crippen molar-refractivity contribution < 1.29 is 23.7 Å². The lowest BCUT2D eigenvalue weighted by molar-refractivity contribution is -0.763. The number of fused-ring (bicyclic) bond motifs is 3. The van der Waals surface area contributed by atoms with Crippen LogP contribution in [-0.4, -0.2) is 35.3 Å². The summed E-state index contributed by atoms with van der Waals surface area (Å²) >= 11 is 4.80. The van der Waals surface area contributed by atoms with Gasteiger partial charge in [0.1, 0.15) is 0 Å². The molecule has 0 spiro atoms. The molecule has 1 unspecified atom stereocenters. The van der Waals surface area contributed by atoms with Gasteiger partial charge in [-0.2, -0.15) is 0 Å². The number of carbonyl (C=O) groups is 2. The Bertz CT molecular complexity index is 1410. The molecular formula is C26H28BrN4O5S+. The maximum atomic E-state index is 13.7. The van der Waals surface area contributed by atoms with Crippen molar-refractivity contribution in [3.05, 3.63) is 56.8 Å². The normalized spacial score (nSPS) is 14.1. The Balaban J connectivity index is 2.10. The van der Waals surface area contributed by atoms with E-state index in [0.717, 1.165) is 0 Å². The first kappa shape index (κ1) is 26.9. The van der Waals surface area contributed by atoms with Gasteiger partial charge in [0, 0.05) is 22.4 Å². The van der Waals surface area contributed by atoms with E-state index in [0.29, 0.717) is 50.7 Å². The summed E-state index contributed by atoms with van der Waals surface area (Å²) in [5.74, 6) is -0.0988. The predicted molar refractivity (Wildman–Crippen MR) is 144 cm³/mol. The molecule has 1 amide bonds. The molecule has 1 aliphatic heterocycles. The van der Waals surface area contributed by atoms with Gasteiger partial charge in [0.15, 0.2) is 11.5 Å². The number of esters is 1. The van der Waals surface area contributed by atoms with Crippen molar-refractivity contribution in [1.29, 1.82) is 0 Å². The number of ether oxygens (including phenoxy) is 2. The molecule has 194 valence electrons. The number of thioether (sulfide) groups is 1. The fraction of sp³-hybridized carbons (Fsp3) is 0.346. The number of nitrogens with one attached hydrogen (secondary N) is 1. The zero-order valence-corrected chi connectivity index (χ0v) is 23.4. The van der Waals surface area contributed by atoms with Crippen LogP contribution in [0.2, 0.25) is 0 Å². The lowest BCUT2D eigenvalue weighted by atomic mass is 10.00. The molecule has 1 aromatic heterocycles. The topological polar surface area (TPSA) is 105 Å². The molecule has 0 bridgehead atoms. The maximum absolute atomic E-state index is 13.7. The van der Waals surface area contributed by atoms with E-state index in [1.54, 1.807) is 40.1 Å². The summed E-state index contributed by atoms with van der Waals surface area (Å²) in [4.78, 5) is 44.2. The summed E-state index contributed by atoms with van der Waals surface area (Å²) in [6.07, 6.45) is 2.60. The molecule has 3 aromatic rings. The molecule has 37 heavy (non-hydrogen) atoms. The highest BCUT2D eigenvalue weighted by Gasteiger charge is 2.47. The Kier molecular flexibility index (Phi) is 8.33. The Morgan fingerprint density at radius 3 is 2.59 bits per heavy atom. The van der Waals surface area contributed by atoms with Gasteiger partial charge in [-0.15, -0.1) is 0 Å². The fourth-order valence-electron chi connectivity index (χ4n) is 4.36. The van der Waals surface area contributed by atoms with E-state index in [2.05, 4.69) is 20.9 Å². The number of hydrogen-bond acceptors (Lipinski definition) is 7. The minimum Gasteiger partial charge on any atom is -0.493 e. The third-order valence-corrected chi connectivity index (χ3v) is 6.93. The smallest absolute Gasteiger partial charge is 0.325 e. The molecular weight excluding hydrogens is 560 g/mol. The summed E-state index contributed by atoms with van der Waals surface area (Å²) in [6.45, 7) is 3.81. The van der Waals surface area contributed by atoms with Crippen LogP contribution < -0.4 is 24.6 Å². The number of methoxy groups -OCH3 is 1. The molecule has 1 N–H and O–H groups in total. The Labute approximate surface area is 227 Å². The molecule has 9 nitrogen and oxygen atoms in total. The number of carbonyl (C=O) groups excluding carboxylic acids is 2. The minimum atomic E-state index is -0.923. The van der Waals surface area contributed by atoms with Gasteiger partial charge in [-0.3, -0.25) is 19.4 Å². The number of anilines is 1.